The van der Waals surface area contributed by atoms with Crippen molar-refractivity contribution < 1.29 is 19.4 Å². The number of carboxylic acids is 1. The van der Waals surface area contributed by atoms with Gasteiger partial charge in [-0.05, 0) is 30.3 Å². The van der Waals surface area contributed by atoms with Crippen molar-refractivity contribution in [2.45, 2.75) is 6.61 Å². The Morgan fingerprint density at radius 2 is 2.00 bits per heavy atom. The van der Waals surface area contributed by atoms with E-state index in [1.165, 1.54) is 10.7 Å². The van der Waals surface area contributed by atoms with Crippen molar-refractivity contribution in [2.24, 2.45) is 0 Å². The average Bonchev–Trinajstić information content (AvgIpc) is 3.23. The van der Waals surface area contributed by atoms with E-state index < -0.39 is 11.8 Å². The highest BCUT2D eigenvalue weighted by Gasteiger charge is 2.09. The molecule has 152 valence electrons. The number of aliphatic carboxylic acids is 1. The number of aliphatic hydroxyl groups excluding tert-OH is 1. The first kappa shape index (κ1) is 19.3. The molecule has 0 unspecified atom stereocenters. The van der Waals surface area contributed by atoms with Gasteiger partial charge < -0.3 is 20.8 Å². The Morgan fingerprint density at radius 3 is 2.73 bits per heavy atom. The zero-order valence-corrected chi connectivity index (χ0v) is 15.6. The number of aromatic nitrogens is 4. The number of carbonyl (C=O) groups is 1. The third kappa shape index (κ3) is 4.18. The molecular formula is C20H17FN6O3. The van der Waals surface area contributed by atoms with E-state index in [2.05, 4.69) is 25.7 Å². The number of nitrogens with one attached hydrogen (secondary N) is 2. The third-order valence-corrected chi connectivity index (χ3v) is 4.28. The smallest absolute Gasteiger partial charge is 0.322 e. The average molecular weight is 408 g/mol. The number of benzene rings is 1. The normalized spacial score (nSPS) is 10.9. The van der Waals surface area contributed by atoms with Crippen LogP contribution < -0.4 is 10.6 Å². The molecule has 4 N–H and O–H groups in total. The molecule has 0 aliphatic rings. The van der Waals surface area contributed by atoms with Crippen LogP contribution >= 0.6 is 0 Å². The highest BCUT2D eigenvalue weighted by atomic mass is 19.1. The van der Waals surface area contributed by atoms with E-state index in [-0.39, 0.29) is 18.8 Å². The lowest BCUT2D eigenvalue weighted by atomic mass is 10.2. The van der Waals surface area contributed by atoms with Gasteiger partial charge in [0.15, 0.2) is 0 Å². The largest absolute Gasteiger partial charge is 0.480 e. The molecule has 0 spiro atoms. The molecule has 30 heavy (non-hydrogen) atoms. The van der Waals surface area contributed by atoms with E-state index in [1.54, 1.807) is 48.8 Å². The lowest BCUT2D eigenvalue weighted by Crippen LogP contribution is -2.13. The molecule has 10 heteroatoms. The number of hydrogen-bond acceptors (Lipinski definition) is 7. The fourth-order valence-corrected chi connectivity index (χ4v) is 2.82. The number of hydrogen-bond donors (Lipinski definition) is 4. The molecule has 0 atom stereocenters. The minimum absolute atomic E-state index is 0.190. The summed E-state index contributed by atoms with van der Waals surface area (Å²) in [4.78, 5) is 19.3. The Bertz CT molecular complexity index is 1230. The molecule has 4 aromatic rings. The monoisotopic (exact) mass is 408 g/mol. The van der Waals surface area contributed by atoms with Gasteiger partial charge in [-0.25, -0.2) is 19.0 Å². The summed E-state index contributed by atoms with van der Waals surface area (Å²) < 4.78 is 16.1. The molecule has 0 fully saturated rings. The summed E-state index contributed by atoms with van der Waals surface area (Å²) in [6.07, 6.45) is 3.23. The molecule has 0 radical (unpaired) electrons. The molecule has 3 heterocycles. The van der Waals surface area contributed by atoms with E-state index in [0.29, 0.717) is 28.5 Å². The molecule has 0 saturated carbocycles. The van der Waals surface area contributed by atoms with Crippen LogP contribution in [0.25, 0.3) is 16.6 Å². The van der Waals surface area contributed by atoms with E-state index in [4.69, 9.17) is 10.2 Å². The summed E-state index contributed by atoms with van der Waals surface area (Å²) >= 11 is 0. The van der Waals surface area contributed by atoms with Gasteiger partial charge >= 0.3 is 5.97 Å². The van der Waals surface area contributed by atoms with Gasteiger partial charge in [0.1, 0.15) is 24.0 Å². The summed E-state index contributed by atoms with van der Waals surface area (Å²) in [6, 6.07) is 11.3. The van der Waals surface area contributed by atoms with Crippen LogP contribution in [0.1, 0.15) is 5.69 Å². The Labute approximate surface area is 169 Å². The Morgan fingerprint density at radius 1 is 1.13 bits per heavy atom. The first-order valence-electron chi connectivity index (χ1n) is 8.96. The molecular weight excluding hydrogens is 391 g/mol. The van der Waals surface area contributed by atoms with Crippen LogP contribution in [0, 0.1) is 5.82 Å². The van der Waals surface area contributed by atoms with Crippen molar-refractivity contribution in [1.29, 1.82) is 0 Å². The van der Waals surface area contributed by atoms with E-state index in [0.717, 1.165) is 5.39 Å². The van der Waals surface area contributed by atoms with E-state index in [1.807, 2.05) is 0 Å². The Kier molecular flexibility index (Phi) is 5.22. The van der Waals surface area contributed by atoms with Gasteiger partial charge in [-0.3, -0.25) is 4.79 Å². The number of nitrogens with zero attached hydrogens (tertiary/aromatic N) is 4. The fraction of sp³-hybridized carbons (Fsp3) is 0.100. The number of fused-ring (bicyclic) bond motifs is 1. The second-order valence-corrected chi connectivity index (χ2v) is 6.40. The van der Waals surface area contributed by atoms with Gasteiger partial charge in [-0.15, -0.1) is 0 Å². The van der Waals surface area contributed by atoms with Crippen molar-refractivity contribution in [3.8, 4) is 5.69 Å². The third-order valence-electron chi connectivity index (χ3n) is 4.28. The predicted octanol–water partition coefficient (Wildman–Crippen LogP) is 2.69. The van der Waals surface area contributed by atoms with Crippen LogP contribution in [0.4, 0.5) is 21.7 Å². The SMILES string of the molecule is O=C(O)CNc1ccc2cnc(Nc3ccc(-n4ccc(CO)n4)cc3F)cc2n1. The topological polar surface area (TPSA) is 125 Å². The minimum atomic E-state index is -0.990. The van der Waals surface area contributed by atoms with Gasteiger partial charge in [-0.2, -0.15) is 5.10 Å². The first-order chi connectivity index (χ1) is 14.5. The van der Waals surface area contributed by atoms with Crippen LogP contribution in [0.3, 0.4) is 0 Å². The number of halogens is 1. The predicted molar refractivity (Wildman–Crippen MR) is 108 cm³/mol. The quantitative estimate of drug-likeness (QED) is 0.368. The second-order valence-electron chi connectivity index (χ2n) is 6.40. The van der Waals surface area contributed by atoms with Gasteiger partial charge in [-0.1, -0.05) is 0 Å². The second kappa shape index (κ2) is 8.13. The lowest BCUT2D eigenvalue weighted by molar-refractivity contribution is -0.134. The molecule has 0 amide bonds. The van der Waals surface area contributed by atoms with Crippen LogP contribution in [-0.4, -0.2) is 42.5 Å². The van der Waals surface area contributed by atoms with Crippen molar-refractivity contribution in [3.05, 3.63) is 66.4 Å². The van der Waals surface area contributed by atoms with Crippen molar-refractivity contribution in [2.75, 3.05) is 17.2 Å². The highest BCUT2D eigenvalue weighted by Crippen LogP contribution is 2.24. The van der Waals surface area contributed by atoms with Crippen LogP contribution in [0.5, 0.6) is 0 Å². The summed E-state index contributed by atoms with van der Waals surface area (Å²) in [5.74, 6) is -0.686. The van der Waals surface area contributed by atoms with Gasteiger partial charge in [0.25, 0.3) is 0 Å². The van der Waals surface area contributed by atoms with Gasteiger partial charge in [0, 0.05) is 29.9 Å². The molecule has 1 aromatic carbocycles. The van der Waals surface area contributed by atoms with Crippen molar-refractivity contribution in [3.63, 3.8) is 0 Å². The summed E-state index contributed by atoms with van der Waals surface area (Å²) in [5.41, 5.74) is 1.80. The highest BCUT2D eigenvalue weighted by molar-refractivity contribution is 5.83. The zero-order chi connectivity index (χ0) is 21.1. The number of anilines is 3. The van der Waals surface area contributed by atoms with Crippen LogP contribution in [0.15, 0.2) is 54.9 Å². The Balaban J connectivity index is 1.56. The van der Waals surface area contributed by atoms with E-state index >= 15 is 0 Å². The lowest BCUT2D eigenvalue weighted by Gasteiger charge is -2.10. The summed E-state index contributed by atoms with van der Waals surface area (Å²) in [6.45, 7) is -0.438. The molecule has 3 aromatic heterocycles. The van der Waals surface area contributed by atoms with Gasteiger partial charge in [0.2, 0.25) is 0 Å². The van der Waals surface area contributed by atoms with Crippen molar-refractivity contribution >= 4 is 34.2 Å². The maximum absolute atomic E-state index is 14.6. The number of rotatable bonds is 7. The van der Waals surface area contributed by atoms with Crippen LogP contribution in [0.2, 0.25) is 0 Å². The fourth-order valence-electron chi connectivity index (χ4n) is 2.82. The Hall–Kier alpha value is -4.05. The maximum Gasteiger partial charge on any atom is 0.322 e. The van der Waals surface area contributed by atoms with Crippen LogP contribution in [-0.2, 0) is 11.4 Å². The molecule has 9 nitrogen and oxygen atoms in total. The number of pyridine rings is 2. The standard InChI is InChI=1S/C20H17FN6O3/c21-15-7-14(27-6-5-13(11-28)26-27)2-3-16(15)24-19-8-17-12(9-22-19)1-4-18(25-17)23-10-20(29)30/h1-9,28H,10-11H2,(H,22,24)(H,23,25)(H,29,30). The number of carboxylic acid groups (broad SMARTS) is 1. The number of aliphatic hydroxyl groups is 1. The molecule has 4 rings (SSSR count). The minimum Gasteiger partial charge on any atom is -0.480 e. The summed E-state index contributed by atoms with van der Waals surface area (Å²) in [5, 5.41) is 28.4. The first-order valence-corrected chi connectivity index (χ1v) is 8.96. The zero-order valence-electron chi connectivity index (χ0n) is 15.6. The molecule has 0 aliphatic heterocycles. The maximum atomic E-state index is 14.6. The van der Waals surface area contributed by atoms with E-state index in [9.17, 15) is 9.18 Å². The molecule has 0 aliphatic carbocycles. The molecule has 0 bridgehead atoms. The molecule has 0 saturated heterocycles. The van der Waals surface area contributed by atoms with Gasteiger partial charge in [0.05, 0.1) is 29.2 Å². The summed E-state index contributed by atoms with van der Waals surface area (Å²) in [7, 11) is 0. The van der Waals surface area contributed by atoms with Crippen molar-refractivity contribution in [1.82, 2.24) is 19.7 Å².